The van der Waals surface area contributed by atoms with Crippen LogP contribution in [0, 0.1) is 0 Å². The summed E-state index contributed by atoms with van der Waals surface area (Å²) in [5.41, 5.74) is 3.94. The molecule has 3 rings (SSSR count). The molecule has 0 bridgehead atoms. The Labute approximate surface area is 153 Å². The molecule has 3 aromatic rings. The lowest BCUT2D eigenvalue weighted by atomic mass is 10.0. The molecule has 0 aliphatic rings. The summed E-state index contributed by atoms with van der Waals surface area (Å²) in [5, 5.41) is 19.5. The summed E-state index contributed by atoms with van der Waals surface area (Å²) in [6, 6.07) is 20.3. The normalized spacial score (nSPS) is 10.7. The lowest BCUT2D eigenvalue weighted by Crippen LogP contribution is -1.96. The van der Waals surface area contributed by atoms with E-state index in [4.69, 9.17) is 9.47 Å². The quantitative estimate of drug-likeness (QED) is 0.662. The lowest BCUT2D eigenvalue weighted by molar-refractivity contribution is 0.107. The molecule has 0 heterocycles. The Bertz CT molecular complexity index is 839. The van der Waals surface area contributed by atoms with Crippen LogP contribution in [0.5, 0.6) is 17.2 Å². The Morgan fingerprint density at radius 1 is 0.731 bits per heavy atom. The molecule has 0 amide bonds. The zero-order chi connectivity index (χ0) is 18.4. The average molecular weight is 350 g/mol. The molecule has 2 N–H and O–H groups in total. The molecular weight excluding hydrogens is 328 g/mol. The van der Waals surface area contributed by atoms with Crippen molar-refractivity contribution in [2.45, 2.75) is 19.6 Å². The van der Waals surface area contributed by atoms with Gasteiger partial charge in [-0.3, -0.25) is 0 Å². The molecule has 134 valence electrons. The highest BCUT2D eigenvalue weighted by Crippen LogP contribution is 2.23. The van der Waals surface area contributed by atoms with Crippen LogP contribution in [0.3, 0.4) is 0 Å². The molecule has 0 aliphatic heterocycles. The van der Waals surface area contributed by atoms with Gasteiger partial charge in [0.25, 0.3) is 0 Å². The van der Waals surface area contributed by atoms with E-state index in [-0.39, 0.29) is 11.5 Å². The fourth-order valence-electron chi connectivity index (χ4n) is 2.71. The number of benzene rings is 3. The van der Waals surface area contributed by atoms with E-state index in [9.17, 15) is 10.2 Å². The number of methoxy groups -OCH3 is 1. The maximum atomic E-state index is 10.1. The van der Waals surface area contributed by atoms with E-state index in [1.54, 1.807) is 25.3 Å². The third kappa shape index (κ3) is 4.77. The Morgan fingerprint density at radius 2 is 1.35 bits per heavy atom. The molecular formula is C22H22O4. The molecule has 3 aromatic carbocycles. The lowest BCUT2D eigenvalue weighted by Gasteiger charge is -2.10. The van der Waals surface area contributed by atoms with E-state index in [1.807, 2.05) is 48.5 Å². The van der Waals surface area contributed by atoms with Gasteiger partial charge in [-0.1, -0.05) is 30.3 Å². The van der Waals surface area contributed by atoms with Crippen molar-refractivity contribution in [3.8, 4) is 17.2 Å². The third-order valence-electron chi connectivity index (χ3n) is 4.17. The van der Waals surface area contributed by atoms with Gasteiger partial charge in [-0.25, -0.2) is 0 Å². The van der Waals surface area contributed by atoms with Crippen LogP contribution in [0.4, 0.5) is 0 Å². The molecule has 26 heavy (non-hydrogen) atoms. The van der Waals surface area contributed by atoms with Crippen LogP contribution in [-0.2, 0) is 24.4 Å². The van der Waals surface area contributed by atoms with Crippen LogP contribution in [-0.4, -0.2) is 17.3 Å². The average Bonchev–Trinajstić information content (AvgIpc) is 2.66. The van der Waals surface area contributed by atoms with Crippen LogP contribution in [0.2, 0.25) is 0 Å². The van der Waals surface area contributed by atoms with Crippen LogP contribution < -0.4 is 4.74 Å². The Morgan fingerprint density at radius 3 is 2.04 bits per heavy atom. The molecule has 0 unspecified atom stereocenters. The molecule has 0 fully saturated rings. The van der Waals surface area contributed by atoms with Crippen molar-refractivity contribution in [2.75, 3.05) is 7.11 Å². The predicted molar refractivity (Wildman–Crippen MR) is 101 cm³/mol. The summed E-state index contributed by atoms with van der Waals surface area (Å²) in [4.78, 5) is 0. The van der Waals surface area contributed by atoms with Crippen molar-refractivity contribution < 1.29 is 19.7 Å². The standard InChI is InChI=1S/C22H22O4/c1-25-21-9-4-17(5-10-21)14-26-15-18-6-11-22(24)19(13-18)12-16-2-7-20(23)8-3-16/h2-11,13,23-24H,12,14-15H2,1H3. The highest BCUT2D eigenvalue weighted by Gasteiger charge is 2.05. The predicted octanol–water partition coefficient (Wildman–Crippen LogP) is 4.41. The van der Waals surface area contributed by atoms with Gasteiger partial charge in [0.2, 0.25) is 0 Å². The Hall–Kier alpha value is -2.98. The van der Waals surface area contributed by atoms with Gasteiger partial charge in [0.05, 0.1) is 20.3 Å². The second-order valence-electron chi connectivity index (χ2n) is 6.15. The van der Waals surface area contributed by atoms with Gasteiger partial charge in [0, 0.05) is 6.42 Å². The molecule has 0 aromatic heterocycles. The summed E-state index contributed by atoms with van der Waals surface area (Å²) < 4.78 is 10.9. The van der Waals surface area contributed by atoms with Gasteiger partial charge in [-0.05, 0) is 58.7 Å². The monoisotopic (exact) mass is 350 g/mol. The maximum absolute atomic E-state index is 10.1. The number of hydrogen-bond acceptors (Lipinski definition) is 4. The van der Waals surface area contributed by atoms with Crippen molar-refractivity contribution >= 4 is 0 Å². The van der Waals surface area contributed by atoms with Crippen LogP contribution in [0.25, 0.3) is 0 Å². The number of rotatable bonds is 7. The van der Waals surface area contributed by atoms with Crippen molar-refractivity contribution in [3.63, 3.8) is 0 Å². The number of ether oxygens (including phenoxy) is 2. The molecule has 0 radical (unpaired) electrons. The number of phenolic OH excluding ortho intramolecular Hbond substituents is 2. The molecule has 0 saturated carbocycles. The number of aromatic hydroxyl groups is 2. The highest BCUT2D eigenvalue weighted by atomic mass is 16.5. The first-order chi connectivity index (χ1) is 12.6. The molecule has 0 spiro atoms. The summed E-state index contributed by atoms with van der Waals surface area (Å²) in [6.07, 6.45) is 0.596. The van der Waals surface area contributed by atoms with Gasteiger partial charge in [-0.2, -0.15) is 0 Å². The zero-order valence-corrected chi connectivity index (χ0v) is 14.7. The van der Waals surface area contributed by atoms with E-state index in [0.717, 1.165) is 28.0 Å². The summed E-state index contributed by atoms with van der Waals surface area (Å²) in [6.45, 7) is 0.979. The highest BCUT2D eigenvalue weighted by molar-refractivity contribution is 5.40. The minimum absolute atomic E-state index is 0.235. The summed E-state index contributed by atoms with van der Waals surface area (Å²) in [5.74, 6) is 1.32. The minimum Gasteiger partial charge on any atom is -0.508 e. The van der Waals surface area contributed by atoms with Crippen LogP contribution in [0.15, 0.2) is 66.7 Å². The molecule has 0 atom stereocenters. The van der Waals surface area contributed by atoms with Gasteiger partial charge in [-0.15, -0.1) is 0 Å². The van der Waals surface area contributed by atoms with Gasteiger partial charge >= 0.3 is 0 Å². The Kier molecular flexibility index (Phi) is 5.77. The van der Waals surface area contributed by atoms with Gasteiger partial charge < -0.3 is 19.7 Å². The second-order valence-corrected chi connectivity index (χ2v) is 6.15. The van der Waals surface area contributed by atoms with Crippen molar-refractivity contribution in [3.05, 3.63) is 89.0 Å². The van der Waals surface area contributed by atoms with Crippen molar-refractivity contribution in [2.24, 2.45) is 0 Å². The van der Waals surface area contributed by atoms with E-state index >= 15 is 0 Å². The number of hydrogen-bond donors (Lipinski definition) is 2. The van der Waals surface area contributed by atoms with E-state index in [0.29, 0.717) is 19.6 Å². The fraction of sp³-hybridized carbons (Fsp3) is 0.182. The first-order valence-corrected chi connectivity index (χ1v) is 8.43. The van der Waals surface area contributed by atoms with Crippen molar-refractivity contribution in [1.82, 2.24) is 0 Å². The summed E-state index contributed by atoms with van der Waals surface area (Å²) >= 11 is 0. The van der Waals surface area contributed by atoms with Gasteiger partial charge in [0.15, 0.2) is 0 Å². The summed E-state index contributed by atoms with van der Waals surface area (Å²) in [7, 11) is 1.64. The first-order valence-electron chi connectivity index (χ1n) is 8.43. The van der Waals surface area contributed by atoms with E-state index < -0.39 is 0 Å². The van der Waals surface area contributed by atoms with Crippen LogP contribution in [0.1, 0.15) is 22.3 Å². The van der Waals surface area contributed by atoms with E-state index in [1.165, 1.54) is 0 Å². The van der Waals surface area contributed by atoms with Crippen molar-refractivity contribution in [1.29, 1.82) is 0 Å². The molecule has 4 heteroatoms. The number of phenols is 2. The topological polar surface area (TPSA) is 58.9 Å². The zero-order valence-electron chi connectivity index (χ0n) is 14.7. The SMILES string of the molecule is COc1ccc(COCc2ccc(O)c(Cc3ccc(O)cc3)c2)cc1. The smallest absolute Gasteiger partial charge is 0.119 e. The largest absolute Gasteiger partial charge is 0.508 e. The third-order valence-corrected chi connectivity index (χ3v) is 4.17. The minimum atomic E-state index is 0.235. The maximum Gasteiger partial charge on any atom is 0.119 e. The second kappa shape index (κ2) is 8.41. The first kappa shape index (κ1) is 17.8. The van der Waals surface area contributed by atoms with Gasteiger partial charge in [0.1, 0.15) is 17.2 Å². The molecule has 0 saturated heterocycles. The van der Waals surface area contributed by atoms with Crippen LogP contribution >= 0.6 is 0 Å². The molecule has 4 nitrogen and oxygen atoms in total. The van der Waals surface area contributed by atoms with E-state index in [2.05, 4.69) is 0 Å². The fourth-order valence-corrected chi connectivity index (χ4v) is 2.71. The Balaban J connectivity index is 1.60. The molecule has 0 aliphatic carbocycles.